The lowest BCUT2D eigenvalue weighted by atomic mass is 9.87. The number of nitrogens with zero attached hydrogens (tertiary/aromatic N) is 2. The van der Waals surface area contributed by atoms with E-state index in [-0.39, 0.29) is 23.1 Å². The highest BCUT2D eigenvalue weighted by Crippen LogP contribution is 2.25. The number of ether oxygens (including phenoxy) is 2. The van der Waals surface area contributed by atoms with Crippen LogP contribution < -0.4 is 4.74 Å². The molecular weight excluding hydrogens is 428 g/mol. The molecule has 2 amide bonds. The van der Waals surface area contributed by atoms with Crippen LogP contribution in [-0.4, -0.2) is 61.0 Å². The number of benzene rings is 2. The number of piperidine rings is 1. The molecule has 2 saturated heterocycles. The van der Waals surface area contributed by atoms with E-state index in [0.717, 1.165) is 24.2 Å². The van der Waals surface area contributed by atoms with E-state index in [2.05, 4.69) is 32.9 Å². The van der Waals surface area contributed by atoms with Crippen LogP contribution >= 0.6 is 0 Å². The normalized spacial score (nSPS) is 17.5. The molecule has 0 aliphatic carbocycles. The fourth-order valence-electron chi connectivity index (χ4n) is 4.52. The SMILES string of the molecule is CC(C)(C)c1ccc(OCc2ccc(C(=O)N3CCC(C(=O)N4CCOCC4)CC3)cc2)cc1. The Bertz CT molecular complexity index is 965. The van der Waals surface area contributed by atoms with Crippen molar-refractivity contribution in [2.24, 2.45) is 5.92 Å². The quantitative estimate of drug-likeness (QED) is 0.663. The van der Waals surface area contributed by atoms with Gasteiger partial charge in [-0.2, -0.15) is 0 Å². The lowest BCUT2D eigenvalue weighted by molar-refractivity contribution is -0.141. The lowest BCUT2D eigenvalue weighted by Gasteiger charge is -2.35. The van der Waals surface area contributed by atoms with Crippen molar-refractivity contribution in [2.75, 3.05) is 39.4 Å². The predicted molar refractivity (Wildman–Crippen MR) is 132 cm³/mol. The second-order valence-electron chi connectivity index (χ2n) is 10.3. The molecule has 0 N–H and O–H groups in total. The monoisotopic (exact) mass is 464 g/mol. The van der Waals surface area contributed by atoms with Crippen LogP contribution in [0.4, 0.5) is 0 Å². The molecule has 2 fully saturated rings. The average Bonchev–Trinajstić information content (AvgIpc) is 2.87. The van der Waals surface area contributed by atoms with E-state index in [1.165, 1.54) is 5.56 Å². The highest BCUT2D eigenvalue weighted by Gasteiger charge is 2.31. The van der Waals surface area contributed by atoms with Gasteiger partial charge in [0.05, 0.1) is 13.2 Å². The molecule has 6 heteroatoms. The molecule has 0 spiro atoms. The van der Waals surface area contributed by atoms with Gasteiger partial charge >= 0.3 is 0 Å². The number of amides is 2. The van der Waals surface area contributed by atoms with Gasteiger partial charge in [-0.1, -0.05) is 45.0 Å². The van der Waals surface area contributed by atoms with Gasteiger partial charge in [0, 0.05) is 37.7 Å². The summed E-state index contributed by atoms with van der Waals surface area (Å²) in [5, 5.41) is 0. The van der Waals surface area contributed by atoms with Crippen LogP contribution in [0.2, 0.25) is 0 Å². The van der Waals surface area contributed by atoms with E-state index in [4.69, 9.17) is 9.47 Å². The van der Waals surface area contributed by atoms with E-state index in [9.17, 15) is 9.59 Å². The molecule has 2 aromatic carbocycles. The Kier molecular flexibility index (Phi) is 7.57. The van der Waals surface area contributed by atoms with Gasteiger partial charge in [0.2, 0.25) is 5.91 Å². The minimum Gasteiger partial charge on any atom is -0.489 e. The fraction of sp³-hybridized carbons (Fsp3) is 0.500. The molecule has 34 heavy (non-hydrogen) atoms. The molecule has 0 unspecified atom stereocenters. The third-order valence-electron chi connectivity index (χ3n) is 6.78. The first kappa shape index (κ1) is 24.3. The summed E-state index contributed by atoms with van der Waals surface area (Å²) in [4.78, 5) is 29.5. The van der Waals surface area contributed by atoms with Crippen molar-refractivity contribution in [3.8, 4) is 5.75 Å². The maximum Gasteiger partial charge on any atom is 0.253 e. The number of morpholine rings is 1. The summed E-state index contributed by atoms with van der Waals surface area (Å²) in [6, 6.07) is 15.9. The van der Waals surface area contributed by atoms with E-state index < -0.39 is 0 Å². The zero-order valence-corrected chi connectivity index (χ0v) is 20.6. The Balaban J connectivity index is 1.26. The highest BCUT2D eigenvalue weighted by molar-refractivity contribution is 5.94. The summed E-state index contributed by atoms with van der Waals surface area (Å²) in [7, 11) is 0. The Morgan fingerprint density at radius 2 is 1.50 bits per heavy atom. The first-order chi connectivity index (χ1) is 16.3. The van der Waals surface area contributed by atoms with Crippen LogP contribution in [0.1, 0.15) is 55.1 Å². The summed E-state index contributed by atoms with van der Waals surface area (Å²) < 4.78 is 11.3. The molecule has 0 bridgehead atoms. The van der Waals surface area contributed by atoms with Crippen LogP contribution in [0, 0.1) is 5.92 Å². The Morgan fingerprint density at radius 3 is 2.09 bits per heavy atom. The molecule has 0 radical (unpaired) electrons. The van der Waals surface area contributed by atoms with Crippen molar-refractivity contribution in [1.82, 2.24) is 9.80 Å². The molecule has 0 saturated carbocycles. The molecule has 2 aliphatic rings. The van der Waals surface area contributed by atoms with Crippen molar-refractivity contribution in [2.45, 2.75) is 45.6 Å². The molecule has 0 aromatic heterocycles. The number of hydrogen-bond acceptors (Lipinski definition) is 4. The number of rotatable bonds is 5. The molecule has 2 heterocycles. The molecule has 2 aromatic rings. The smallest absolute Gasteiger partial charge is 0.253 e. The molecule has 4 rings (SSSR count). The van der Waals surface area contributed by atoms with Crippen LogP contribution in [0.5, 0.6) is 5.75 Å². The molecule has 6 nitrogen and oxygen atoms in total. The van der Waals surface area contributed by atoms with Crippen LogP contribution in [0.15, 0.2) is 48.5 Å². The largest absolute Gasteiger partial charge is 0.489 e. The topological polar surface area (TPSA) is 59.1 Å². The zero-order chi connectivity index (χ0) is 24.1. The average molecular weight is 465 g/mol. The van der Waals surface area contributed by atoms with Crippen LogP contribution in [0.25, 0.3) is 0 Å². The first-order valence-electron chi connectivity index (χ1n) is 12.3. The number of carbonyl (C=O) groups excluding carboxylic acids is 2. The van der Waals surface area contributed by atoms with Crippen LogP contribution in [-0.2, 0) is 21.6 Å². The standard InChI is InChI=1S/C28H36N2O4/c1-28(2,3)24-8-10-25(11-9-24)34-20-21-4-6-22(7-5-21)26(31)29-14-12-23(13-15-29)27(32)30-16-18-33-19-17-30/h4-11,23H,12-20H2,1-3H3. The van der Waals surface area contributed by atoms with Crippen molar-refractivity contribution >= 4 is 11.8 Å². The maximum absolute atomic E-state index is 13.0. The molecule has 0 atom stereocenters. The van der Waals surface area contributed by atoms with Crippen molar-refractivity contribution in [3.63, 3.8) is 0 Å². The van der Waals surface area contributed by atoms with Gasteiger partial charge in [0.15, 0.2) is 0 Å². The van der Waals surface area contributed by atoms with Gasteiger partial charge in [-0.3, -0.25) is 9.59 Å². The highest BCUT2D eigenvalue weighted by atomic mass is 16.5. The van der Waals surface area contributed by atoms with Crippen LogP contribution in [0.3, 0.4) is 0 Å². The van der Waals surface area contributed by atoms with Crippen molar-refractivity contribution < 1.29 is 19.1 Å². The fourth-order valence-corrected chi connectivity index (χ4v) is 4.52. The minimum absolute atomic E-state index is 0.0131. The van der Waals surface area contributed by atoms with Crippen molar-refractivity contribution in [1.29, 1.82) is 0 Å². The Labute approximate surface area is 202 Å². The predicted octanol–water partition coefficient (Wildman–Crippen LogP) is 4.27. The van der Waals surface area contributed by atoms with Gasteiger partial charge in [0.1, 0.15) is 12.4 Å². The second kappa shape index (κ2) is 10.6. The second-order valence-corrected chi connectivity index (χ2v) is 10.3. The lowest BCUT2D eigenvalue weighted by Crippen LogP contribution is -2.47. The maximum atomic E-state index is 13.0. The van der Waals surface area contributed by atoms with E-state index in [0.29, 0.717) is 51.6 Å². The third-order valence-corrected chi connectivity index (χ3v) is 6.78. The number of hydrogen-bond donors (Lipinski definition) is 0. The van der Waals surface area contributed by atoms with E-state index in [1.807, 2.05) is 46.2 Å². The molecule has 182 valence electrons. The first-order valence-corrected chi connectivity index (χ1v) is 12.3. The van der Waals surface area contributed by atoms with Crippen molar-refractivity contribution in [3.05, 3.63) is 65.2 Å². The summed E-state index contributed by atoms with van der Waals surface area (Å²) in [6.07, 6.45) is 1.45. The van der Waals surface area contributed by atoms with Gasteiger partial charge < -0.3 is 19.3 Å². The Morgan fingerprint density at radius 1 is 0.882 bits per heavy atom. The number of carbonyl (C=O) groups is 2. The summed E-state index contributed by atoms with van der Waals surface area (Å²) in [5.41, 5.74) is 3.09. The molecule has 2 aliphatic heterocycles. The summed E-state index contributed by atoms with van der Waals surface area (Å²) >= 11 is 0. The number of likely N-dealkylation sites (tertiary alicyclic amines) is 1. The van der Waals surface area contributed by atoms with E-state index in [1.54, 1.807) is 0 Å². The zero-order valence-electron chi connectivity index (χ0n) is 20.6. The summed E-state index contributed by atoms with van der Waals surface area (Å²) in [5.74, 6) is 1.09. The molecular formula is C28H36N2O4. The third kappa shape index (κ3) is 5.98. The van der Waals surface area contributed by atoms with Gasteiger partial charge in [-0.05, 0) is 53.6 Å². The van der Waals surface area contributed by atoms with Gasteiger partial charge in [-0.25, -0.2) is 0 Å². The van der Waals surface area contributed by atoms with Gasteiger partial charge in [-0.15, -0.1) is 0 Å². The minimum atomic E-state index is 0.0131. The van der Waals surface area contributed by atoms with E-state index >= 15 is 0 Å². The van der Waals surface area contributed by atoms with Gasteiger partial charge in [0.25, 0.3) is 5.91 Å². The Hall–Kier alpha value is -2.86. The summed E-state index contributed by atoms with van der Waals surface area (Å²) in [6.45, 7) is 10.9.